The smallest absolute Gasteiger partial charge is 0.264 e. The largest absolute Gasteiger partial charge is 0.457 e. The number of halogens is 1. The van der Waals surface area contributed by atoms with Crippen LogP contribution in [0.25, 0.3) is 22.3 Å². The van der Waals surface area contributed by atoms with Crippen LogP contribution in [0.1, 0.15) is 38.5 Å². The number of nitrogen functional groups attached to an aromatic ring is 1. The third-order valence-corrected chi connectivity index (χ3v) is 8.79. The standard InChI is InChI=1S/C34H37FN8O2/c1-41(2)21-34(14-6-7-15-34)18-23(19-36)33(44)42-16-8-9-24(42)20-43-32-29(31(37)38-22-39-32)30(40-43)27-13-12-26(17-28(27)35)45-25-10-4-3-5-11-25/h3-5,10-13,17-18,22,24H,6-9,14-16,20-21H2,1-2H3,(H2,37,38,39)/b23-18+/t24-/m0/s1. The molecule has 232 valence electrons. The van der Waals surface area contributed by atoms with E-state index in [9.17, 15) is 10.1 Å². The van der Waals surface area contributed by atoms with Gasteiger partial charge < -0.3 is 20.3 Å². The molecule has 3 heterocycles. The van der Waals surface area contributed by atoms with Crippen LogP contribution in [0, 0.1) is 22.6 Å². The molecule has 0 unspecified atom stereocenters. The van der Waals surface area contributed by atoms with Crippen molar-refractivity contribution >= 4 is 22.8 Å². The molecule has 1 saturated carbocycles. The Morgan fingerprint density at radius 3 is 2.64 bits per heavy atom. The molecule has 0 spiro atoms. The van der Waals surface area contributed by atoms with Crippen molar-refractivity contribution in [2.45, 2.75) is 51.1 Å². The second-order valence-corrected chi connectivity index (χ2v) is 12.3. The predicted molar refractivity (Wildman–Crippen MR) is 170 cm³/mol. The number of para-hydroxylation sites is 1. The Kier molecular flexibility index (Phi) is 8.50. The number of ether oxygens (including phenoxy) is 1. The summed E-state index contributed by atoms with van der Waals surface area (Å²) in [7, 11) is 4.05. The summed E-state index contributed by atoms with van der Waals surface area (Å²) in [5.74, 6) is 0.344. The number of hydrogen-bond acceptors (Lipinski definition) is 8. The number of amides is 1. The zero-order valence-electron chi connectivity index (χ0n) is 25.6. The van der Waals surface area contributed by atoms with Gasteiger partial charge in [-0.3, -0.25) is 4.79 Å². The number of carbonyl (C=O) groups is 1. The lowest BCUT2D eigenvalue weighted by Crippen LogP contribution is -2.39. The van der Waals surface area contributed by atoms with E-state index in [1.807, 2.05) is 38.4 Å². The molecule has 2 aromatic heterocycles. The van der Waals surface area contributed by atoms with Gasteiger partial charge in [0.05, 0.1) is 18.0 Å². The summed E-state index contributed by atoms with van der Waals surface area (Å²) in [6, 6.07) is 15.7. The summed E-state index contributed by atoms with van der Waals surface area (Å²) in [5, 5.41) is 15.3. The Balaban J connectivity index is 1.29. The number of likely N-dealkylation sites (tertiary alicyclic amines) is 1. The maximum absolute atomic E-state index is 15.6. The lowest BCUT2D eigenvalue weighted by Gasteiger charge is -2.30. The summed E-state index contributed by atoms with van der Waals surface area (Å²) in [6.45, 7) is 1.66. The van der Waals surface area contributed by atoms with Crippen molar-refractivity contribution in [3.05, 3.63) is 72.3 Å². The molecule has 45 heavy (non-hydrogen) atoms. The molecular formula is C34H37FN8O2. The fraction of sp³-hybridized carbons (Fsp3) is 0.382. The van der Waals surface area contributed by atoms with Crippen LogP contribution in [0.2, 0.25) is 0 Å². The van der Waals surface area contributed by atoms with E-state index in [1.54, 1.807) is 33.8 Å². The van der Waals surface area contributed by atoms with Crippen LogP contribution in [0.15, 0.2) is 66.5 Å². The maximum atomic E-state index is 15.6. The van der Waals surface area contributed by atoms with Crippen molar-refractivity contribution < 1.29 is 13.9 Å². The van der Waals surface area contributed by atoms with Crippen LogP contribution >= 0.6 is 0 Å². The van der Waals surface area contributed by atoms with Gasteiger partial charge in [0.2, 0.25) is 0 Å². The Labute approximate surface area is 261 Å². The number of benzene rings is 2. The zero-order valence-corrected chi connectivity index (χ0v) is 25.6. The molecule has 6 rings (SSSR count). The highest BCUT2D eigenvalue weighted by atomic mass is 19.1. The van der Waals surface area contributed by atoms with Crippen LogP contribution in [0.3, 0.4) is 0 Å². The monoisotopic (exact) mass is 608 g/mol. The maximum Gasteiger partial charge on any atom is 0.264 e. The van der Waals surface area contributed by atoms with Crippen LogP contribution in [0.4, 0.5) is 10.2 Å². The van der Waals surface area contributed by atoms with Crippen LogP contribution in [0.5, 0.6) is 11.5 Å². The second kappa shape index (κ2) is 12.7. The van der Waals surface area contributed by atoms with Crippen molar-refractivity contribution in [1.82, 2.24) is 29.5 Å². The fourth-order valence-electron chi connectivity index (χ4n) is 6.87. The third kappa shape index (κ3) is 6.24. The molecule has 10 nitrogen and oxygen atoms in total. The van der Waals surface area contributed by atoms with Gasteiger partial charge in [0, 0.05) is 30.1 Å². The SMILES string of the molecule is CN(C)CC1(/C=C(\C#N)C(=O)N2CCC[C@H]2Cn2nc(-c3ccc(Oc4ccccc4)cc3F)c3c(N)ncnc32)CCCC1. The fourth-order valence-corrected chi connectivity index (χ4v) is 6.87. The van der Waals surface area contributed by atoms with Gasteiger partial charge >= 0.3 is 0 Å². The summed E-state index contributed by atoms with van der Waals surface area (Å²) in [5.41, 5.74) is 7.31. The molecule has 2 aromatic carbocycles. The molecule has 1 saturated heterocycles. The van der Waals surface area contributed by atoms with Crippen LogP contribution in [-0.2, 0) is 11.3 Å². The lowest BCUT2D eigenvalue weighted by molar-refractivity contribution is -0.127. The number of hydrogen-bond donors (Lipinski definition) is 1. The Hall–Kier alpha value is -4.82. The van der Waals surface area contributed by atoms with Crippen molar-refractivity contribution in [2.24, 2.45) is 5.41 Å². The van der Waals surface area contributed by atoms with E-state index in [2.05, 4.69) is 20.9 Å². The first kappa shape index (κ1) is 30.2. The number of nitriles is 1. The number of nitrogens with two attached hydrogens (primary N) is 1. The second-order valence-electron chi connectivity index (χ2n) is 12.3. The first-order chi connectivity index (χ1) is 21.8. The van der Waals surface area contributed by atoms with E-state index in [1.165, 1.54) is 12.4 Å². The van der Waals surface area contributed by atoms with E-state index in [-0.39, 0.29) is 34.3 Å². The van der Waals surface area contributed by atoms with E-state index in [0.29, 0.717) is 41.3 Å². The van der Waals surface area contributed by atoms with Gasteiger partial charge in [-0.25, -0.2) is 19.0 Å². The quantitative estimate of drug-likeness (QED) is 0.193. The first-order valence-electron chi connectivity index (χ1n) is 15.4. The molecule has 2 N–H and O–H groups in total. The number of aromatic nitrogens is 4. The molecule has 0 radical (unpaired) electrons. The van der Waals surface area contributed by atoms with E-state index < -0.39 is 5.82 Å². The van der Waals surface area contributed by atoms with Gasteiger partial charge in [0.25, 0.3) is 5.91 Å². The zero-order chi connectivity index (χ0) is 31.6. The highest BCUT2D eigenvalue weighted by Gasteiger charge is 2.37. The van der Waals surface area contributed by atoms with Gasteiger partial charge in [-0.2, -0.15) is 10.4 Å². The normalized spacial score (nSPS) is 18.1. The molecule has 1 amide bonds. The Morgan fingerprint density at radius 2 is 1.93 bits per heavy atom. The average molecular weight is 609 g/mol. The molecule has 4 aromatic rings. The summed E-state index contributed by atoms with van der Waals surface area (Å²) in [4.78, 5) is 26.3. The minimum absolute atomic E-state index is 0.174. The predicted octanol–water partition coefficient (Wildman–Crippen LogP) is 5.57. The van der Waals surface area contributed by atoms with E-state index in [4.69, 9.17) is 15.6 Å². The number of nitrogens with zero attached hydrogens (tertiary/aromatic N) is 7. The van der Waals surface area contributed by atoms with Crippen molar-refractivity contribution in [3.63, 3.8) is 0 Å². The highest BCUT2D eigenvalue weighted by Crippen LogP contribution is 2.41. The Bertz CT molecular complexity index is 1770. The van der Waals surface area contributed by atoms with Gasteiger partial charge in [-0.15, -0.1) is 0 Å². The van der Waals surface area contributed by atoms with Crippen molar-refractivity contribution in [3.8, 4) is 28.8 Å². The number of carbonyl (C=O) groups excluding carboxylic acids is 1. The van der Waals surface area contributed by atoms with E-state index in [0.717, 1.165) is 45.1 Å². The minimum Gasteiger partial charge on any atom is -0.457 e. The summed E-state index contributed by atoms with van der Waals surface area (Å²) < 4.78 is 23.1. The molecule has 1 atom stereocenters. The molecule has 2 fully saturated rings. The summed E-state index contributed by atoms with van der Waals surface area (Å²) >= 11 is 0. The lowest BCUT2D eigenvalue weighted by atomic mass is 9.83. The molecule has 11 heteroatoms. The van der Waals surface area contributed by atoms with Gasteiger partial charge in [-0.05, 0) is 64.0 Å². The van der Waals surface area contributed by atoms with Crippen molar-refractivity contribution in [2.75, 3.05) is 32.9 Å². The molecular weight excluding hydrogens is 571 g/mol. The topological polar surface area (TPSA) is 126 Å². The number of rotatable bonds is 9. The minimum atomic E-state index is -0.529. The molecule has 1 aliphatic heterocycles. The first-order valence-corrected chi connectivity index (χ1v) is 15.4. The van der Waals surface area contributed by atoms with Crippen LogP contribution < -0.4 is 10.5 Å². The van der Waals surface area contributed by atoms with Gasteiger partial charge in [0.1, 0.15) is 46.8 Å². The summed E-state index contributed by atoms with van der Waals surface area (Å²) in [6.07, 6.45) is 8.94. The highest BCUT2D eigenvalue weighted by molar-refractivity contribution is 5.99. The van der Waals surface area contributed by atoms with Gasteiger partial charge in [-0.1, -0.05) is 37.1 Å². The van der Waals surface area contributed by atoms with Gasteiger partial charge in [0.15, 0.2) is 5.65 Å². The molecule has 0 bridgehead atoms. The third-order valence-electron chi connectivity index (χ3n) is 8.79. The molecule has 1 aliphatic carbocycles. The molecule has 2 aliphatic rings. The van der Waals surface area contributed by atoms with Crippen LogP contribution in [-0.4, -0.2) is 68.7 Å². The Morgan fingerprint density at radius 1 is 1.16 bits per heavy atom. The van der Waals surface area contributed by atoms with E-state index >= 15 is 4.39 Å². The average Bonchev–Trinajstić information content (AvgIpc) is 3.76. The number of anilines is 1. The van der Waals surface area contributed by atoms with Crippen molar-refractivity contribution in [1.29, 1.82) is 5.26 Å². The number of fused-ring (bicyclic) bond motifs is 1.